The average molecular weight is 395 g/mol. The molecule has 1 aliphatic rings. The number of benzene rings is 2. The minimum atomic E-state index is -0.706. The topological polar surface area (TPSA) is 67.4 Å². The third-order valence-electron chi connectivity index (χ3n) is 5.03. The maximum absolute atomic E-state index is 12.7. The summed E-state index contributed by atoms with van der Waals surface area (Å²) in [6.45, 7) is 4.71. The first-order valence-corrected chi connectivity index (χ1v) is 10.4. The molecule has 2 aromatic carbocycles. The molecule has 2 aromatic rings. The molecule has 0 saturated carbocycles. The first-order chi connectivity index (χ1) is 14.0. The van der Waals surface area contributed by atoms with Crippen LogP contribution in [0.2, 0.25) is 0 Å². The third kappa shape index (κ3) is 6.08. The summed E-state index contributed by atoms with van der Waals surface area (Å²) in [5.74, 6) is 0.712. The molecule has 0 spiro atoms. The highest BCUT2D eigenvalue weighted by Crippen LogP contribution is 2.25. The summed E-state index contributed by atoms with van der Waals surface area (Å²) in [7, 11) is 0. The van der Waals surface area contributed by atoms with Crippen molar-refractivity contribution in [2.24, 2.45) is 5.92 Å². The lowest BCUT2D eigenvalue weighted by Gasteiger charge is -2.19. The fraction of sp³-hybridized carbons (Fsp3) is 0.417. The fourth-order valence-corrected chi connectivity index (χ4v) is 3.62. The molecular weight excluding hydrogens is 364 g/mol. The molecule has 0 aliphatic heterocycles. The molecule has 0 aromatic heterocycles. The number of ether oxygens (including phenoxy) is 1. The van der Waals surface area contributed by atoms with Crippen molar-refractivity contribution in [1.29, 1.82) is 0 Å². The molecule has 0 fully saturated rings. The van der Waals surface area contributed by atoms with Crippen molar-refractivity contribution in [3.05, 3.63) is 65.2 Å². The summed E-state index contributed by atoms with van der Waals surface area (Å²) in [5, 5.41) is 5.74. The standard InChI is InChI=1S/C24H30N2O3/c1-17(2)15-22(27)26-23(19-7-4-3-5-8-19)24(28)25-13-14-29-21-12-11-18-9-6-10-20(18)16-21/h3-5,7-8,11-12,16-17,23H,6,9-10,13-15H2,1-2H3,(H,25,28)(H,26,27). The van der Waals surface area contributed by atoms with Gasteiger partial charge in [-0.15, -0.1) is 0 Å². The molecule has 5 nitrogen and oxygen atoms in total. The number of hydrogen-bond acceptors (Lipinski definition) is 3. The highest BCUT2D eigenvalue weighted by Gasteiger charge is 2.22. The molecule has 2 N–H and O–H groups in total. The van der Waals surface area contributed by atoms with Crippen LogP contribution in [0.4, 0.5) is 0 Å². The van der Waals surface area contributed by atoms with E-state index < -0.39 is 6.04 Å². The van der Waals surface area contributed by atoms with Gasteiger partial charge in [0.25, 0.3) is 0 Å². The van der Waals surface area contributed by atoms with Gasteiger partial charge in [-0.25, -0.2) is 0 Å². The van der Waals surface area contributed by atoms with E-state index >= 15 is 0 Å². The maximum Gasteiger partial charge on any atom is 0.247 e. The summed E-state index contributed by atoms with van der Waals surface area (Å²) in [5.41, 5.74) is 3.54. The summed E-state index contributed by atoms with van der Waals surface area (Å²) in [6.07, 6.45) is 3.85. The van der Waals surface area contributed by atoms with Crippen LogP contribution in [-0.2, 0) is 22.4 Å². The second-order valence-corrected chi connectivity index (χ2v) is 7.93. The summed E-state index contributed by atoms with van der Waals surface area (Å²) in [4.78, 5) is 25.0. The smallest absolute Gasteiger partial charge is 0.247 e. The zero-order valence-electron chi connectivity index (χ0n) is 17.2. The van der Waals surface area contributed by atoms with Crippen LogP contribution >= 0.6 is 0 Å². The van der Waals surface area contributed by atoms with Crippen LogP contribution in [0, 0.1) is 5.92 Å². The van der Waals surface area contributed by atoms with E-state index in [9.17, 15) is 9.59 Å². The van der Waals surface area contributed by atoms with Gasteiger partial charge >= 0.3 is 0 Å². The van der Waals surface area contributed by atoms with Gasteiger partial charge in [-0.05, 0) is 54.0 Å². The largest absolute Gasteiger partial charge is 0.492 e. The van der Waals surface area contributed by atoms with Gasteiger partial charge in [-0.3, -0.25) is 9.59 Å². The average Bonchev–Trinajstić information content (AvgIpc) is 3.17. The Labute approximate surface area is 172 Å². The highest BCUT2D eigenvalue weighted by atomic mass is 16.5. The van der Waals surface area contributed by atoms with Crippen LogP contribution < -0.4 is 15.4 Å². The Balaban J connectivity index is 1.53. The number of fused-ring (bicyclic) bond motifs is 1. The molecule has 2 amide bonds. The SMILES string of the molecule is CC(C)CC(=O)NC(C(=O)NCCOc1ccc2c(c1)CCC2)c1ccccc1. The second kappa shape index (κ2) is 10.1. The Kier molecular flexibility index (Phi) is 7.28. The number of nitrogens with one attached hydrogen (secondary N) is 2. The van der Waals surface area contributed by atoms with E-state index in [4.69, 9.17) is 4.74 Å². The van der Waals surface area contributed by atoms with Gasteiger partial charge in [0, 0.05) is 6.42 Å². The zero-order valence-corrected chi connectivity index (χ0v) is 17.2. The molecule has 29 heavy (non-hydrogen) atoms. The van der Waals surface area contributed by atoms with E-state index in [0.717, 1.165) is 24.2 Å². The normalized spacial score (nSPS) is 13.6. The summed E-state index contributed by atoms with van der Waals surface area (Å²) >= 11 is 0. The third-order valence-corrected chi connectivity index (χ3v) is 5.03. The highest BCUT2D eigenvalue weighted by molar-refractivity contribution is 5.88. The van der Waals surface area contributed by atoms with Crippen LogP contribution in [-0.4, -0.2) is 25.0 Å². The molecule has 154 valence electrons. The Morgan fingerprint density at radius 2 is 1.79 bits per heavy atom. The van der Waals surface area contributed by atoms with Crippen molar-refractivity contribution in [2.45, 2.75) is 45.6 Å². The second-order valence-electron chi connectivity index (χ2n) is 7.93. The molecule has 1 aliphatic carbocycles. The minimum Gasteiger partial charge on any atom is -0.492 e. The van der Waals surface area contributed by atoms with E-state index in [1.54, 1.807) is 0 Å². The molecule has 5 heteroatoms. The van der Waals surface area contributed by atoms with Gasteiger partial charge in [0.15, 0.2) is 0 Å². The number of rotatable bonds is 9. The quantitative estimate of drug-likeness (QED) is 0.639. The Hall–Kier alpha value is -2.82. The van der Waals surface area contributed by atoms with Gasteiger partial charge in [0.2, 0.25) is 11.8 Å². The lowest BCUT2D eigenvalue weighted by Crippen LogP contribution is -2.41. The number of aryl methyl sites for hydroxylation is 2. The molecule has 3 rings (SSSR count). The van der Waals surface area contributed by atoms with E-state index in [-0.39, 0.29) is 17.7 Å². The van der Waals surface area contributed by atoms with Gasteiger partial charge in [0.1, 0.15) is 18.4 Å². The maximum atomic E-state index is 12.7. The van der Waals surface area contributed by atoms with Crippen molar-refractivity contribution in [3.63, 3.8) is 0 Å². The first-order valence-electron chi connectivity index (χ1n) is 10.4. The number of amides is 2. The predicted octanol–water partition coefficient (Wildman–Crippen LogP) is 3.57. The molecule has 0 heterocycles. The molecule has 1 unspecified atom stereocenters. The molecule has 1 atom stereocenters. The van der Waals surface area contributed by atoms with E-state index in [1.807, 2.05) is 50.2 Å². The van der Waals surface area contributed by atoms with Crippen LogP contribution in [0.25, 0.3) is 0 Å². The molecular formula is C24H30N2O3. The Bertz CT molecular complexity index is 833. The van der Waals surface area contributed by atoms with E-state index in [0.29, 0.717) is 19.6 Å². The van der Waals surface area contributed by atoms with Gasteiger partial charge < -0.3 is 15.4 Å². The van der Waals surface area contributed by atoms with Crippen molar-refractivity contribution in [2.75, 3.05) is 13.2 Å². The van der Waals surface area contributed by atoms with E-state index in [2.05, 4.69) is 22.8 Å². The van der Waals surface area contributed by atoms with Crippen LogP contribution in [0.15, 0.2) is 48.5 Å². The number of hydrogen-bond donors (Lipinski definition) is 2. The van der Waals surface area contributed by atoms with E-state index in [1.165, 1.54) is 17.5 Å². The molecule has 0 radical (unpaired) electrons. The number of carbonyl (C=O) groups is 2. The Morgan fingerprint density at radius 1 is 1.03 bits per heavy atom. The lowest BCUT2D eigenvalue weighted by atomic mass is 10.0. The van der Waals surface area contributed by atoms with Crippen molar-refractivity contribution >= 4 is 11.8 Å². The van der Waals surface area contributed by atoms with Crippen LogP contribution in [0.3, 0.4) is 0 Å². The van der Waals surface area contributed by atoms with Crippen LogP contribution in [0.1, 0.15) is 49.4 Å². The zero-order chi connectivity index (χ0) is 20.6. The predicted molar refractivity (Wildman–Crippen MR) is 114 cm³/mol. The lowest BCUT2D eigenvalue weighted by molar-refractivity contribution is -0.129. The monoisotopic (exact) mass is 394 g/mol. The minimum absolute atomic E-state index is 0.126. The fourth-order valence-electron chi connectivity index (χ4n) is 3.62. The number of carbonyl (C=O) groups excluding carboxylic acids is 2. The van der Waals surface area contributed by atoms with Gasteiger partial charge in [0.05, 0.1) is 6.54 Å². The van der Waals surface area contributed by atoms with Crippen molar-refractivity contribution in [1.82, 2.24) is 10.6 Å². The van der Waals surface area contributed by atoms with Crippen molar-refractivity contribution in [3.8, 4) is 5.75 Å². The first kappa shape index (κ1) is 20.9. The molecule has 0 bridgehead atoms. The summed E-state index contributed by atoms with van der Waals surface area (Å²) in [6, 6.07) is 14.8. The van der Waals surface area contributed by atoms with Gasteiger partial charge in [-0.1, -0.05) is 50.2 Å². The van der Waals surface area contributed by atoms with Crippen LogP contribution in [0.5, 0.6) is 5.75 Å². The molecule has 0 saturated heterocycles. The van der Waals surface area contributed by atoms with Gasteiger partial charge in [-0.2, -0.15) is 0 Å². The van der Waals surface area contributed by atoms with Crippen molar-refractivity contribution < 1.29 is 14.3 Å². The Morgan fingerprint density at radius 3 is 2.55 bits per heavy atom. The summed E-state index contributed by atoms with van der Waals surface area (Å²) < 4.78 is 5.80.